The molecule has 200 valence electrons. The molecule has 0 aliphatic heterocycles. The van der Waals surface area contributed by atoms with Crippen LogP contribution >= 0.6 is 0 Å². The summed E-state index contributed by atoms with van der Waals surface area (Å²) in [6.07, 6.45) is 6.76. The summed E-state index contributed by atoms with van der Waals surface area (Å²) in [7, 11) is 0. The lowest BCUT2D eigenvalue weighted by molar-refractivity contribution is -0.215. The number of benzene rings is 1. The summed E-state index contributed by atoms with van der Waals surface area (Å²) in [6.45, 7) is 16.1. The third-order valence-corrected chi connectivity index (χ3v) is 9.06. The monoisotopic (exact) mass is 504 g/mol. The van der Waals surface area contributed by atoms with Crippen molar-refractivity contribution in [3.63, 3.8) is 0 Å². The Morgan fingerprint density at radius 2 is 1.41 bits per heavy atom. The highest BCUT2D eigenvalue weighted by molar-refractivity contribution is 6.28. The Morgan fingerprint density at radius 1 is 0.865 bits per heavy atom. The van der Waals surface area contributed by atoms with Gasteiger partial charge in [0, 0.05) is 5.56 Å². The molecule has 3 rings (SSSR count). The van der Waals surface area contributed by atoms with E-state index in [1.54, 1.807) is 24.3 Å². The minimum absolute atomic E-state index is 0.0115. The molecule has 1 aromatic rings. The molecule has 2 aliphatic rings. The van der Waals surface area contributed by atoms with Crippen LogP contribution < -0.4 is 0 Å². The second-order valence-corrected chi connectivity index (χ2v) is 12.5. The van der Waals surface area contributed by atoms with Gasteiger partial charge < -0.3 is 5.11 Å². The lowest BCUT2D eigenvalue weighted by Gasteiger charge is -2.65. The quantitative estimate of drug-likeness (QED) is 0.233. The fourth-order valence-electron chi connectivity index (χ4n) is 6.63. The summed E-state index contributed by atoms with van der Waals surface area (Å²) in [5.74, 6) is -2.71. The van der Waals surface area contributed by atoms with Gasteiger partial charge in [-0.2, -0.15) is 0 Å². The molecule has 0 spiro atoms. The zero-order chi connectivity index (χ0) is 27.8. The topological polar surface area (TPSA) is 71.4 Å². The van der Waals surface area contributed by atoms with Crippen molar-refractivity contribution in [1.29, 1.82) is 0 Å². The van der Waals surface area contributed by atoms with E-state index in [4.69, 9.17) is 0 Å². The van der Waals surface area contributed by atoms with E-state index < -0.39 is 45.6 Å². The first-order valence-corrected chi connectivity index (χ1v) is 13.5. The first-order valence-electron chi connectivity index (χ1n) is 13.5. The molecule has 0 aromatic heterocycles. The van der Waals surface area contributed by atoms with Gasteiger partial charge in [-0.3, -0.25) is 14.4 Å². The molecule has 0 radical (unpaired) electrons. The van der Waals surface area contributed by atoms with Crippen LogP contribution in [-0.4, -0.2) is 28.6 Å². The molecule has 37 heavy (non-hydrogen) atoms. The van der Waals surface area contributed by atoms with Crippen molar-refractivity contribution in [2.24, 2.45) is 28.1 Å². The van der Waals surface area contributed by atoms with E-state index in [0.717, 1.165) is 11.1 Å². The Kier molecular flexibility index (Phi) is 8.34. The average Bonchev–Trinajstić information content (AvgIpc) is 2.82. The number of aliphatic hydroxyl groups excluding tert-OH is 1. The second kappa shape index (κ2) is 10.6. The predicted octanol–water partition coefficient (Wildman–Crippen LogP) is 7.09. The molecule has 2 fully saturated rings. The van der Waals surface area contributed by atoms with E-state index in [9.17, 15) is 19.5 Å². The molecular weight excluding hydrogens is 460 g/mol. The Balaban J connectivity index is 2.34. The van der Waals surface area contributed by atoms with Gasteiger partial charge in [0.05, 0.1) is 16.9 Å². The summed E-state index contributed by atoms with van der Waals surface area (Å²) < 4.78 is 0. The first kappa shape index (κ1) is 29.0. The van der Waals surface area contributed by atoms with Crippen molar-refractivity contribution < 1.29 is 19.5 Å². The van der Waals surface area contributed by atoms with Crippen LogP contribution in [0, 0.1) is 28.1 Å². The molecule has 0 amide bonds. The van der Waals surface area contributed by atoms with Gasteiger partial charge in [-0.25, -0.2) is 0 Å². The number of rotatable bonds is 8. The van der Waals surface area contributed by atoms with Gasteiger partial charge in [0.1, 0.15) is 5.92 Å². The highest BCUT2D eigenvalue weighted by Gasteiger charge is 2.74. The molecule has 4 nitrogen and oxygen atoms in total. The standard InChI is InChI=1S/C33H44O4/c1-21(2)14-15-25-20-32(18-16-22(3)4)28(35)26(27(34)24-12-10-9-11-13-24)29(36)33(30(32)37,31(25,7)8)19-17-23(5)6/h9-14,16-17,25-26,30,37H,15,18-20H2,1-8H3. The van der Waals surface area contributed by atoms with E-state index >= 15 is 0 Å². The number of hydrogen-bond acceptors (Lipinski definition) is 4. The van der Waals surface area contributed by atoms with Gasteiger partial charge in [0.2, 0.25) is 0 Å². The molecule has 1 aromatic carbocycles. The van der Waals surface area contributed by atoms with Crippen LogP contribution in [0.1, 0.15) is 91.4 Å². The number of carbonyl (C=O) groups excluding carboxylic acids is 3. The van der Waals surface area contributed by atoms with Gasteiger partial charge in [0.25, 0.3) is 0 Å². The van der Waals surface area contributed by atoms with Crippen LogP contribution in [0.25, 0.3) is 0 Å². The van der Waals surface area contributed by atoms with Crippen molar-refractivity contribution in [1.82, 2.24) is 0 Å². The van der Waals surface area contributed by atoms with Crippen LogP contribution in [-0.2, 0) is 9.59 Å². The summed E-state index contributed by atoms with van der Waals surface area (Å²) in [5.41, 5.74) is 0.501. The Hall–Kier alpha value is -2.59. The lowest BCUT2D eigenvalue weighted by atomic mass is 9.37. The normalized spacial score (nSPS) is 30.4. The van der Waals surface area contributed by atoms with Gasteiger partial charge in [-0.05, 0) is 78.6 Å². The van der Waals surface area contributed by atoms with Crippen molar-refractivity contribution in [3.05, 3.63) is 70.8 Å². The molecule has 2 aliphatic carbocycles. The van der Waals surface area contributed by atoms with Gasteiger partial charge in [-0.1, -0.05) is 79.1 Å². The van der Waals surface area contributed by atoms with Crippen LogP contribution in [0.15, 0.2) is 65.3 Å². The fourth-order valence-corrected chi connectivity index (χ4v) is 6.63. The maximum absolute atomic E-state index is 14.6. The highest BCUT2D eigenvalue weighted by Crippen LogP contribution is 2.67. The molecule has 2 saturated carbocycles. The minimum atomic E-state index is -1.41. The highest BCUT2D eigenvalue weighted by atomic mass is 16.3. The number of aliphatic hydroxyl groups is 1. The zero-order valence-corrected chi connectivity index (χ0v) is 23.9. The maximum Gasteiger partial charge on any atom is 0.180 e. The molecule has 0 saturated heterocycles. The third-order valence-electron chi connectivity index (χ3n) is 9.06. The van der Waals surface area contributed by atoms with Crippen molar-refractivity contribution >= 4 is 17.3 Å². The average molecular weight is 505 g/mol. The smallest absolute Gasteiger partial charge is 0.180 e. The number of hydrogen-bond donors (Lipinski definition) is 1. The van der Waals surface area contributed by atoms with Crippen LogP contribution in [0.2, 0.25) is 0 Å². The summed E-state index contributed by atoms with van der Waals surface area (Å²) in [6, 6.07) is 8.63. The first-order chi connectivity index (χ1) is 17.2. The summed E-state index contributed by atoms with van der Waals surface area (Å²) in [4.78, 5) is 42.9. The van der Waals surface area contributed by atoms with Crippen molar-refractivity contribution in [2.75, 3.05) is 0 Å². The number of ketones is 3. The van der Waals surface area contributed by atoms with Crippen LogP contribution in [0.4, 0.5) is 0 Å². The third kappa shape index (κ3) is 4.85. The molecular formula is C33H44O4. The molecule has 5 atom stereocenters. The number of carbonyl (C=O) groups is 3. The zero-order valence-electron chi connectivity index (χ0n) is 23.9. The van der Waals surface area contributed by atoms with E-state index in [2.05, 4.69) is 19.9 Å². The Morgan fingerprint density at radius 3 is 1.95 bits per heavy atom. The molecule has 2 bridgehead atoms. The number of allylic oxidation sites excluding steroid dienone is 6. The SMILES string of the molecule is CC(C)=CCC1CC2(CC=C(C)C)C(=O)C(C(=O)c3ccccc3)C(=O)C(CC=C(C)C)(C2O)C1(C)C. The summed E-state index contributed by atoms with van der Waals surface area (Å²) >= 11 is 0. The van der Waals surface area contributed by atoms with Gasteiger partial charge in [-0.15, -0.1) is 0 Å². The van der Waals surface area contributed by atoms with Gasteiger partial charge in [0.15, 0.2) is 17.3 Å². The summed E-state index contributed by atoms with van der Waals surface area (Å²) in [5, 5.41) is 12.2. The maximum atomic E-state index is 14.6. The van der Waals surface area contributed by atoms with Gasteiger partial charge >= 0.3 is 0 Å². The fraction of sp³-hybridized carbons (Fsp3) is 0.545. The van der Waals surface area contributed by atoms with Crippen molar-refractivity contribution in [2.45, 2.75) is 87.2 Å². The van der Waals surface area contributed by atoms with E-state index in [-0.39, 0.29) is 5.92 Å². The Labute approximate surface area is 222 Å². The molecule has 5 unspecified atom stereocenters. The Bertz CT molecular complexity index is 1140. The van der Waals surface area contributed by atoms with E-state index in [1.165, 1.54) is 5.57 Å². The largest absolute Gasteiger partial charge is 0.391 e. The lowest BCUT2D eigenvalue weighted by Crippen LogP contribution is -2.74. The van der Waals surface area contributed by atoms with Crippen LogP contribution in [0.5, 0.6) is 0 Å². The molecule has 4 heteroatoms. The number of Topliss-reactive ketones (excluding diaryl/α,β-unsaturated/α-hetero) is 3. The van der Waals surface area contributed by atoms with E-state index in [1.807, 2.05) is 59.8 Å². The minimum Gasteiger partial charge on any atom is -0.391 e. The molecule has 1 N–H and O–H groups in total. The van der Waals surface area contributed by atoms with Crippen molar-refractivity contribution in [3.8, 4) is 0 Å². The van der Waals surface area contributed by atoms with E-state index in [0.29, 0.717) is 31.2 Å². The number of fused-ring (bicyclic) bond motifs is 2. The second-order valence-electron chi connectivity index (χ2n) is 12.5. The van der Waals surface area contributed by atoms with Crippen LogP contribution in [0.3, 0.4) is 0 Å². The molecule has 0 heterocycles. The predicted molar refractivity (Wildman–Crippen MR) is 149 cm³/mol.